The summed E-state index contributed by atoms with van der Waals surface area (Å²) in [5, 5.41) is 15.5. The number of carbonyl (C=O) groups is 1. The summed E-state index contributed by atoms with van der Waals surface area (Å²) in [4.78, 5) is 25.0. The van der Waals surface area contributed by atoms with Gasteiger partial charge in [0.25, 0.3) is 0 Å². The maximum Gasteiger partial charge on any atom is 0.226 e. The normalized spacial score (nSPS) is 24.3. The van der Waals surface area contributed by atoms with Crippen molar-refractivity contribution in [1.29, 1.82) is 5.26 Å². The number of oxazole rings is 1. The zero-order valence-electron chi connectivity index (χ0n) is 27.5. The quantitative estimate of drug-likeness (QED) is 0.166. The summed E-state index contributed by atoms with van der Waals surface area (Å²) in [5.74, 6) is 0.144. The van der Waals surface area contributed by atoms with Crippen molar-refractivity contribution in [2.45, 2.75) is 76.3 Å². The van der Waals surface area contributed by atoms with Gasteiger partial charge >= 0.3 is 0 Å². The third-order valence-corrected chi connectivity index (χ3v) is 12.0. The van der Waals surface area contributed by atoms with Gasteiger partial charge in [0.1, 0.15) is 17.5 Å². The van der Waals surface area contributed by atoms with Gasteiger partial charge in [-0.1, -0.05) is 35.3 Å². The number of likely N-dealkylation sites (tertiary alicyclic amines) is 1. The third kappa shape index (κ3) is 5.12. The second-order valence-electron chi connectivity index (χ2n) is 14.2. The Balaban J connectivity index is 1.25. The van der Waals surface area contributed by atoms with Crippen LogP contribution in [-0.2, 0) is 22.6 Å². The minimum atomic E-state index is -0.485. The lowest BCUT2D eigenvalue weighted by Crippen LogP contribution is -2.41. The van der Waals surface area contributed by atoms with Crippen LogP contribution in [0.5, 0.6) is 0 Å². The molecule has 1 amide bonds. The second-order valence-corrected chi connectivity index (χ2v) is 15.0. The molecule has 5 fully saturated rings. The van der Waals surface area contributed by atoms with Crippen LogP contribution in [0.25, 0.3) is 32.9 Å². The Labute approximate surface area is 298 Å². The lowest BCUT2D eigenvalue weighted by molar-refractivity contribution is -0.134. The number of rotatable bonds is 9. The molecule has 12 heteroatoms. The number of hydrogen-bond acceptors (Lipinski definition) is 7. The first-order valence-corrected chi connectivity index (χ1v) is 18.1. The number of halogens is 3. The molecule has 2 aliphatic carbocycles. The summed E-state index contributed by atoms with van der Waals surface area (Å²) in [7, 11) is 0. The van der Waals surface area contributed by atoms with Crippen molar-refractivity contribution in [3.63, 3.8) is 0 Å². The maximum atomic E-state index is 17.1. The summed E-state index contributed by atoms with van der Waals surface area (Å²) < 4.78 is 31.0. The lowest BCUT2D eigenvalue weighted by atomic mass is 9.79. The molecule has 256 valence electrons. The topological polar surface area (TPSA) is 109 Å². The number of nitrogens with zero attached hydrogens (tertiary/aromatic N) is 5. The number of ether oxygens (including phenoxy) is 1. The summed E-state index contributed by atoms with van der Waals surface area (Å²) in [6.45, 7) is 3.62. The average molecular weight is 714 g/mol. The van der Waals surface area contributed by atoms with Crippen LogP contribution in [0.2, 0.25) is 10.0 Å². The van der Waals surface area contributed by atoms with Crippen molar-refractivity contribution in [2.75, 3.05) is 13.1 Å². The highest BCUT2D eigenvalue weighted by molar-refractivity contribution is 6.43. The number of nitrogens with one attached hydrogen (secondary N) is 1. The Morgan fingerprint density at radius 2 is 2.08 bits per heavy atom. The van der Waals surface area contributed by atoms with Gasteiger partial charge in [-0.3, -0.25) is 4.79 Å². The summed E-state index contributed by atoms with van der Waals surface area (Å²) in [6, 6.07) is 11.8. The highest BCUT2D eigenvalue weighted by atomic mass is 35.5. The first-order chi connectivity index (χ1) is 24.3. The van der Waals surface area contributed by atoms with E-state index in [2.05, 4.69) is 27.0 Å². The van der Waals surface area contributed by atoms with Gasteiger partial charge in [-0.25, -0.2) is 14.4 Å². The molecule has 9 nitrogen and oxygen atoms in total. The van der Waals surface area contributed by atoms with Gasteiger partial charge in [-0.05, 0) is 62.3 Å². The van der Waals surface area contributed by atoms with Crippen molar-refractivity contribution in [3.05, 3.63) is 81.5 Å². The number of pyridine rings is 1. The largest absolute Gasteiger partial charge is 0.451 e. The number of fused-ring (bicyclic) bond motifs is 4. The highest BCUT2D eigenvalue weighted by Crippen LogP contribution is 2.51. The van der Waals surface area contributed by atoms with Gasteiger partial charge in [0.05, 0.1) is 46.4 Å². The zero-order valence-corrected chi connectivity index (χ0v) is 29.0. The van der Waals surface area contributed by atoms with Crippen molar-refractivity contribution >= 4 is 50.9 Å². The molecule has 0 radical (unpaired) electrons. The van der Waals surface area contributed by atoms with Gasteiger partial charge < -0.3 is 23.9 Å². The van der Waals surface area contributed by atoms with Crippen LogP contribution < -0.4 is 5.32 Å². The molecule has 6 heterocycles. The van der Waals surface area contributed by atoms with Gasteiger partial charge in [-0.2, -0.15) is 5.26 Å². The van der Waals surface area contributed by atoms with E-state index < -0.39 is 5.82 Å². The van der Waals surface area contributed by atoms with Crippen LogP contribution in [0.4, 0.5) is 4.39 Å². The molecule has 5 aliphatic rings. The Kier molecular flexibility index (Phi) is 7.88. The fourth-order valence-corrected chi connectivity index (χ4v) is 9.01. The fourth-order valence-electron chi connectivity index (χ4n) is 8.62. The number of aromatic nitrogens is 3. The first kappa shape index (κ1) is 31.9. The first-order valence-electron chi connectivity index (χ1n) is 17.3. The standard InChI is InChI=1S/C38H35Cl2FN6O3/c1-19-26-13-31(30-12-24(50-17-23-16-49-18-44-23)15-46(30)38(48)20-7-8-20)47(36-22-11-29(36)43-14-22)37(26)27-10-21(4-3-9-42)32(34(41)35(27)45-19)25-5-2-6-28(39)33(25)40/h2,5-6,10,13,16,18,20,22,24,29-30,36,43H,3-4,7-8,11-12,14-15,17H2,1H3. The second kappa shape index (κ2) is 12.3. The SMILES string of the molecule is Cc1nc2c(F)c(-c3cccc(Cl)c3Cl)c(CCC#N)cc2c2c1cc(C1CC(OCc3cocn3)CN1C(=O)C1CC1)n2C1C2CNC1C2. The van der Waals surface area contributed by atoms with Crippen molar-refractivity contribution < 1.29 is 18.3 Å². The molecular formula is C38H35Cl2FN6O3. The number of aryl methyl sites for hydroxylation is 2. The van der Waals surface area contributed by atoms with Crippen LogP contribution in [-0.4, -0.2) is 50.6 Å². The minimum absolute atomic E-state index is 0.0453. The zero-order chi connectivity index (χ0) is 34.3. The molecule has 3 aromatic heterocycles. The van der Waals surface area contributed by atoms with Crippen molar-refractivity contribution in [3.8, 4) is 17.2 Å². The van der Waals surface area contributed by atoms with E-state index in [9.17, 15) is 10.1 Å². The molecule has 3 saturated heterocycles. The monoisotopic (exact) mass is 712 g/mol. The molecule has 3 aliphatic heterocycles. The van der Waals surface area contributed by atoms with E-state index in [1.807, 2.05) is 17.9 Å². The Bertz CT molecular complexity index is 2200. The summed E-state index contributed by atoms with van der Waals surface area (Å²) >= 11 is 13.1. The predicted molar refractivity (Wildman–Crippen MR) is 187 cm³/mol. The lowest BCUT2D eigenvalue weighted by Gasteiger charge is -2.39. The van der Waals surface area contributed by atoms with Gasteiger partial charge in [0.2, 0.25) is 5.91 Å². The van der Waals surface area contributed by atoms with E-state index in [1.165, 1.54) is 6.39 Å². The van der Waals surface area contributed by atoms with Gasteiger partial charge in [-0.15, -0.1) is 0 Å². The van der Waals surface area contributed by atoms with Crippen LogP contribution in [0.15, 0.2) is 47.4 Å². The van der Waals surface area contributed by atoms with E-state index in [1.54, 1.807) is 24.5 Å². The predicted octanol–water partition coefficient (Wildman–Crippen LogP) is 7.86. The molecule has 5 aromatic rings. The average Bonchev–Trinajstić information content (AvgIpc) is 3.62. The number of amides is 1. The van der Waals surface area contributed by atoms with Crippen LogP contribution in [0.1, 0.15) is 66.8 Å². The van der Waals surface area contributed by atoms with E-state index >= 15 is 4.39 Å². The number of carbonyl (C=O) groups excluding carboxylic acids is 1. The molecule has 1 N–H and O–H groups in total. The van der Waals surface area contributed by atoms with Crippen molar-refractivity contribution in [2.24, 2.45) is 11.8 Å². The molecule has 50 heavy (non-hydrogen) atoms. The Morgan fingerprint density at radius 3 is 2.80 bits per heavy atom. The van der Waals surface area contributed by atoms with Crippen molar-refractivity contribution in [1.82, 2.24) is 24.8 Å². The minimum Gasteiger partial charge on any atom is -0.451 e. The van der Waals surface area contributed by atoms with E-state index in [0.717, 1.165) is 42.4 Å². The third-order valence-electron chi connectivity index (χ3n) is 11.2. The van der Waals surface area contributed by atoms with Gasteiger partial charge in [0.15, 0.2) is 12.2 Å². The molecule has 2 aromatic carbocycles. The highest BCUT2D eigenvalue weighted by Gasteiger charge is 2.51. The molecule has 5 unspecified atom stereocenters. The molecule has 10 rings (SSSR count). The number of hydrogen-bond donors (Lipinski definition) is 1. The summed E-state index contributed by atoms with van der Waals surface area (Å²) in [5.41, 5.74) is 5.07. The van der Waals surface area contributed by atoms with Gasteiger partial charge in [0, 0.05) is 71.2 Å². The summed E-state index contributed by atoms with van der Waals surface area (Å²) in [6.07, 6.45) is 6.84. The fraction of sp³-hybridized carbons (Fsp3) is 0.421. The van der Waals surface area contributed by atoms with E-state index in [4.69, 9.17) is 37.3 Å². The molecule has 0 spiro atoms. The number of benzene rings is 2. The van der Waals surface area contributed by atoms with Crippen LogP contribution in [0.3, 0.4) is 0 Å². The van der Waals surface area contributed by atoms with Crippen LogP contribution in [0, 0.1) is 35.9 Å². The molecular weight excluding hydrogens is 678 g/mol. The smallest absolute Gasteiger partial charge is 0.226 e. The molecule has 5 atom stereocenters. The van der Waals surface area contributed by atoms with E-state index in [-0.39, 0.29) is 53.0 Å². The molecule has 2 bridgehead atoms. The molecule has 2 saturated carbocycles. The Morgan fingerprint density at radius 1 is 1.22 bits per heavy atom. The van der Waals surface area contributed by atoms with Crippen LogP contribution >= 0.6 is 23.2 Å². The Hall–Kier alpha value is -4.01. The maximum absolute atomic E-state index is 17.1. The number of nitriles is 1. The van der Waals surface area contributed by atoms with E-state index in [0.29, 0.717) is 70.4 Å².